The van der Waals surface area contributed by atoms with Gasteiger partial charge in [-0.1, -0.05) is 12.1 Å². The Morgan fingerprint density at radius 2 is 2.16 bits per heavy atom. The molecule has 1 aromatic carbocycles. The maximum absolute atomic E-state index is 8.90. The lowest BCUT2D eigenvalue weighted by Crippen LogP contribution is -2.36. The molecular formula is C13H13N5O. The monoisotopic (exact) mass is 255 g/mol. The number of benzene rings is 1. The van der Waals surface area contributed by atoms with Crippen LogP contribution in [0.2, 0.25) is 0 Å². The average molecular weight is 255 g/mol. The van der Waals surface area contributed by atoms with Crippen LogP contribution >= 0.6 is 0 Å². The molecule has 0 atom stereocenters. The number of H-pyrrole nitrogens is 1. The maximum atomic E-state index is 8.90. The summed E-state index contributed by atoms with van der Waals surface area (Å²) in [6.07, 6.45) is 0. The van der Waals surface area contributed by atoms with Gasteiger partial charge >= 0.3 is 0 Å². The van der Waals surface area contributed by atoms with E-state index in [1.54, 1.807) is 12.1 Å². The van der Waals surface area contributed by atoms with Gasteiger partial charge in [-0.2, -0.15) is 10.2 Å². The Kier molecular flexibility index (Phi) is 3.12. The van der Waals surface area contributed by atoms with Crippen molar-refractivity contribution in [1.82, 2.24) is 15.2 Å². The van der Waals surface area contributed by atoms with E-state index in [4.69, 9.17) is 10.00 Å². The molecule has 1 aliphatic heterocycles. The molecule has 2 aromatic rings. The summed E-state index contributed by atoms with van der Waals surface area (Å²) in [5, 5.41) is 16.0. The van der Waals surface area contributed by atoms with Gasteiger partial charge in [0.2, 0.25) is 5.95 Å². The molecule has 6 heteroatoms. The number of aromatic nitrogens is 3. The Bertz CT molecular complexity index is 609. The molecule has 96 valence electrons. The Labute approximate surface area is 110 Å². The Morgan fingerprint density at radius 1 is 1.32 bits per heavy atom. The van der Waals surface area contributed by atoms with E-state index in [1.807, 2.05) is 12.1 Å². The maximum Gasteiger partial charge on any atom is 0.245 e. The van der Waals surface area contributed by atoms with Crippen molar-refractivity contribution < 1.29 is 4.74 Å². The summed E-state index contributed by atoms with van der Waals surface area (Å²) >= 11 is 0. The van der Waals surface area contributed by atoms with Crippen LogP contribution in [-0.2, 0) is 4.74 Å². The van der Waals surface area contributed by atoms with Gasteiger partial charge < -0.3 is 9.64 Å². The highest BCUT2D eigenvalue weighted by molar-refractivity contribution is 5.59. The van der Waals surface area contributed by atoms with Gasteiger partial charge in [0.05, 0.1) is 24.8 Å². The lowest BCUT2D eigenvalue weighted by molar-refractivity contribution is 0.122. The summed E-state index contributed by atoms with van der Waals surface area (Å²) in [6.45, 7) is 3.01. The summed E-state index contributed by atoms with van der Waals surface area (Å²) in [4.78, 5) is 6.55. The van der Waals surface area contributed by atoms with E-state index in [2.05, 4.69) is 26.2 Å². The standard InChI is InChI=1S/C13H13N5O/c14-9-10-2-1-3-11(8-10)12-15-13(17-16-12)18-4-6-19-7-5-18/h1-3,8H,4-7H2,(H,15,16,17). The molecule has 0 spiro atoms. The van der Waals surface area contributed by atoms with Crippen LogP contribution in [0.1, 0.15) is 5.56 Å². The van der Waals surface area contributed by atoms with Crippen molar-refractivity contribution >= 4 is 5.95 Å². The molecule has 0 saturated carbocycles. The number of rotatable bonds is 2. The number of morpholine rings is 1. The smallest absolute Gasteiger partial charge is 0.245 e. The van der Waals surface area contributed by atoms with Crippen molar-refractivity contribution in [3.05, 3.63) is 29.8 Å². The van der Waals surface area contributed by atoms with E-state index >= 15 is 0 Å². The third-order valence-electron chi connectivity index (χ3n) is 3.03. The molecular weight excluding hydrogens is 242 g/mol. The average Bonchev–Trinajstić information content (AvgIpc) is 2.98. The molecule has 1 saturated heterocycles. The first-order valence-corrected chi connectivity index (χ1v) is 6.12. The van der Waals surface area contributed by atoms with Crippen molar-refractivity contribution in [2.24, 2.45) is 0 Å². The molecule has 0 amide bonds. The Hall–Kier alpha value is -2.39. The van der Waals surface area contributed by atoms with Crippen LogP contribution in [0.4, 0.5) is 5.95 Å². The van der Waals surface area contributed by atoms with Crippen LogP contribution in [0.3, 0.4) is 0 Å². The number of nitrogens with one attached hydrogen (secondary N) is 1. The molecule has 1 fully saturated rings. The van der Waals surface area contributed by atoms with Crippen molar-refractivity contribution in [3.8, 4) is 17.5 Å². The second-order valence-electron chi connectivity index (χ2n) is 4.28. The van der Waals surface area contributed by atoms with Crippen molar-refractivity contribution in [2.45, 2.75) is 0 Å². The molecule has 1 N–H and O–H groups in total. The third kappa shape index (κ3) is 2.41. The number of aromatic amines is 1. The molecule has 0 radical (unpaired) electrons. The van der Waals surface area contributed by atoms with Crippen LogP contribution in [0.25, 0.3) is 11.4 Å². The first-order chi connectivity index (χ1) is 9.36. The number of ether oxygens (including phenoxy) is 1. The fourth-order valence-electron chi connectivity index (χ4n) is 2.02. The van der Waals surface area contributed by atoms with Gasteiger partial charge in [0.1, 0.15) is 0 Å². The van der Waals surface area contributed by atoms with E-state index in [0.29, 0.717) is 30.5 Å². The minimum Gasteiger partial charge on any atom is -0.378 e. The highest BCUT2D eigenvalue weighted by Gasteiger charge is 2.16. The Morgan fingerprint density at radius 3 is 2.95 bits per heavy atom. The van der Waals surface area contributed by atoms with E-state index in [1.165, 1.54) is 0 Å². The number of hydrogen-bond acceptors (Lipinski definition) is 5. The largest absolute Gasteiger partial charge is 0.378 e. The van der Waals surface area contributed by atoms with E-state index in [0.717, 1.165) is 18.7 Å². The SMILES string of the molecule is N#Cc1cccc(-c2nc(N3CCOCC3)n[nH]2)c1. The predicted molar refractivity (Wildman–Crippen MR) is 69.6 cm³/mol. The highest BCUT2D eigenvalue weighted by Crippen LogP contribution is 2.19. The molecule has 19 heavy (non-hydrogen) atoms. The number of hydrogen-bond donors (Lipinski definition) is 1. The summed E-state index contributed by atoms with van der Waals surface area (Å²) in [6, 6.07) is 9.43. The summed E-state index contributed by atoms with van der Waals surface area (Å²) in [7, 11) is 0. The van der Waals surface area contributed by atoms with Crippen molar-refractivity contribution in [2.75, 3.05) is 31.2 Å². The number of anilines is 1. The van der Waals surface area contributed by atoms with Crippen LogP contribution in [0.15, 0.2) is 24.3 Å². The van der Waals surface area contributed by atoms with Gasteiger partial charge in [-0.3, -0.25) is 5.10 Å². The van der Waals surface area contributed by atoms with Gasteiger partial charge in [0, 0.05) is 18.7 Å². The fourth-order valence-corrected chi connectivity index (χ4v) is 2.02. The molecule has 1 aliphatic rings. The fraction of sp³-hybridized carbons (Fsp3) is 0.308. The first kappa shape index (κ1) is 11.7. The van der Waals surface area contributed by atoms with Crippen molar-refractivity contribution in [3.63, 3.8) is 0 Å². The van der Waals surface area contributed by atoms with Gasteiger partial charge in [0.15, 0.2) is 5.82 Å². The van der Waals surface area contributed by atoms with E-state index in [-0.39, 0.29) is 0 Å². The third-order valence-corrected chi connectivity index (χ3v) is 3.03. The second kappa shape index (κ2) is 5.08. The predicted octanol–water partition coefficient (Wildman–Crippen LogP) is 1.18. The highest BCUT2D eigenvalue weighted by atomic mass is 16.5. The first-order valence-electron chi connectivity index (χ1n) is 6.12. The lowest BCUT2D eigenvalue weighted by atomic mass is 10.1. The van der Waals surface area contributed by atoms with Crippen molar-refractivity contribution in [1.29, 1.82) is 5.26 Å². The van der Waals surface area contributed by atoms with Gasteiger partial charge in [-0.05, 0) is 12.1 Å². The van der Waals surface area contributed by atoms with Crippen LogP contribution < -0.4 is 4.90 Å². The minimum atomic E-state index is 0.613. The van der Waals surface area contributed by atoms with Crippen LogP contribution in [-0.4, -0.2) is 41.5 Å². The quantitative estimate of drug-likeness (QED) is 0.871. The zero-order valence-corrected chi connectivity index (χ0v) is 10.3. The molecule has 6 nitrogen and oxygen atoms in total. The number of nitriles is 1. The zero-order valence-electron chi connectivity index (χ0n) is 10.3. The van der Waals surface area contributed by atoms with Gasteiger partial charge in [0.25, 0.3) is 0 Å². The normalized spacial score (nSPS) is 15.2. The second-order valence-corrected chi connectivity index (χ2v) is 4.28. The van der Waals surface area contributed by atoms with E-state index in [9.17, 15) is 0 Å². The van der Waals surface area contributed by atoms with Gasteiger partial charge in [-0.15, -0.1) is 5.10 Å². The van der Waals surface area contributed by atoms with Crippen LogP contribution in [0.5, 0.6) is 0 Å². The molecule has 0 aliphatic carbocycles. The summed E-state index contributed by atoms with van der Waals surface area (Å²) < 4.78 is 5.30. The topological polar surface area (TPSA) is 77.8 Å². The van der Waals surface area contributed by atoms with Gasteiger partial charge in [-0.25, -0.2) is 0 Å². The molecule has 0 unspecified atom stereocenters. The zero-order chi connectivity index (χ0) is 13.1. The van der Waals surface area contributed by atoms with E-state index < -0.39 is 0 Å². The molecule has 0 bridgehead atoms. The lowest BCUT2D eigenvalue weighted by Gasteiger charge is -2.25. The summed E-state index contributed by atoms with van der Waals surface area (Å²) in [5.41, 5.74) is 1.48. The molecule has 3 rings (SSSR count). The molecule has 1 aromatic heterocycles. The minimum absolute atomic E-state index is 0.613. The van der Waals surface area contributed by atoms with Crippen LogP contribution in [0, 0.1) is 11.3 Å². The Balaban J connectivity index is 1.86. The molecule has 2 heterocycles. The number of nitrogens with zero attached hydrogens (tertiary/aromatic N) is 4. The summed E-state index contributed by atoms with van der Waals surface area (Å²) in [5.74, 6) is 1.36.